The molecule has 3 rings (SSSR count). The number of carbonyl (C=O) groups is 3. The molecule has 0 radical (unpaired) electrons. The molecule has 2 aliphatic heterocycles. The van der Waals surface area contributed by atoms with Crippen LogP contribution in [0.5, 0.6) is 0 Å². The van der Waals surface area contributed by atoms with E-state index in [1.807, 2.05) is 6.08 Å². The van der Waals surface area contributed by atoms with Crippen molar-refractivity contribution in [3.63, 3.8) is 0 Å². The molecule has 14 heteroatoms. The first kappa shape index (κ1) is 21.5. The number of amides is 2. The minimum Gasteiger partial charge on any atom is -0.477 e. The van der Waals surface area contributed by atoms with E-state index < -0.39 is 29.2 Å². The Kier molecular flexibility index (Phi) is 6.74. The van der Waals surface area contributed by atoms with Crippen LogP contribution < -0.4 is 11.1 Å². The van der Waals surface area contributed by atoms with Crippen molar-refractivity contribution < 1.29 is 24.3 Å². The number of allylic oxidation sites excluding steroid dienone is 2. The number of β-lactam (4-membered cyclic amide) rings is 1. The molecule has 11 nitrogen and oxygen atoms in total. The van der Waals surface area contributed by atoms with Gasteiger partial charge in [-0.2, -0.15) is 9.36 Å². The predicted molar refractivity (Wildman–Crippen MR) is 116 cm³/mol. The molecule has 2 atom stereocenters. The fourth-order valence-electron chi connectivity index (χ4n) is 2.77. The summed E-state index contributed by atoms with van der Waals surface area (Å²) in [5.74, 6) is -2.05. The first-order valence-electron chi connectivity index (χ1n) is 8.04. The van der Waals surface area contributed by atoms with Gasteiger partial charge in [0.2, 0.25) is 11.5 Å². The Labute approximate surface area is 186 Å². The fourth-order valence-corrected chi connectivity index (χ4v) is 4.78. The minimum absolute atomic E-state index is 0.0240. The van der Waals surface area contributed by atoms with Gasteiger partial charge in [-0.25, -0.2) is 4.79 Å². The van der Waals surface area contributed by atoms with Crippen LogP contribution in [0.4, 0.5) is 5.13 Å². The minimum atomic E-state index is -1.19. The maximum absolute atomic E-state index is 12.6. The van der Waals surface area contributed by atoms with Gasteiger partial charge in [0.25, 0.3) is 11.8 Å². The number of halogens is 1. The lowest BCUT2D eigenvalue weighted by Gasteiger charge is -2.49. The number of aromatic nitrogens is 2. The topological polar surface area (TPSA) is 160 Å². The second-order valence-electron chi connectivity index (χ2n) is 5.68. The molecule has 0 spiro atoms. The van der Waals surface area contributed by atoms with Gasteiger partial charge in [0.05, 0.1) is 0 Å². The first-order valence-corrected chi connectivity index (χ1v) is 11.4. The van der Waals surface area contributed by atoms with Crippen molar-refractivity contribution in [2.24, 2.45) is 5.16 Å². The molecule has 0 bridgehead atoms. The number of aliphatic carboxylic acids is 1. The summed E-state index contributed by atoms with van der Waals surface area (Å²) in [6, 6.07) is -0.907. The molecule has 0 aromatic carbocycles. The third-order valence-corrected chi connectivity index (χ3v) is 6.30. The maximum atomic E-state index is 12.6. The highest BCUT2D eigenvalue weighted by Crippen LogP contribution is 2.40. The Morgan fingerprint density at radius 2 is 2.31 bits per heavy atom. The number of oxime groups is 1. The van der Waals surface area contributed by atoms with Crippen LogP contribution in [0.1, 0.15) is 5.82 Å². The standard InChI is InChI=1S/C15H15IN6O5S2/c1-27-20-7(10-19-15(17)29-21-10)11(23)18-8-12(24)22-9(14(25)26)6(3-2-4-16)5-28-13(8)22/h2-3,8,13H,4-5H2,1H3,(H,18,23)(H,25,26)(H2,17,19,21)/t8?,13-/m1/s1. The Morgan fingerprint density at radius 3 is 2.90 bits per heavy atom. The van der Waals surface area contributed by atoms with Gasteiger partial charge in [-0.3, -0.25) is 14.5 Å². The van der Waals surface area contributed by atoms with Crippen molar-refractivity contribution in [3.05, 3.63) is 29.2 Å². The number of thioether (sulfide) groups is 1. The lowest BCUT2D eigenvalue weighted by Crippen LogP contribution is -2.71. The molecule has 1 fully saturated rings. The zero-order chi connectivity index (χ0) is 21.1. The summed E-state index contributed by atoms with van der Waals surface area (Å²) in [5, 5.41) is 15.4. The molecular weight excluding hydrogens is 535 g/mol. The number of nitrogens with two attached hydrogens (primary N) is 1. The quantitative estimate of drug-likeness (QED) is 0.142. The zero-order valence-electron chi connectivity index (χ0n) is 14.9. The van der Waals surface area contributed by atoms with Gasteiger partial charge in [-0.1, -0.05) is 39.9 Å². The molecule has 2 amide bonds. The fraction of sp³-hybridized carbons (Fsp3) is 0.333. The van der Waals surface area contributed by atoms with Gasteiger partial charge in [0.1, 0.15) is 24.2 Å². The van der Waals surface area contributed by atoms with Crippen molar-refractivity contribution in [1.82, 2.24) is 19.6 Å². The van der Waals surface area contributed by atoms with Gasteiger partial charge < -0.3 is 21.0 Å². The number of carboxylic acid groups (broad SMARTS) is 1. The normalized spacial score (nSPS) is 21.8. The van der Waals surface area contributed by atoms with Crippen LogP contribution in [0.15, 0.2) is 28.6 Å². The summed E-state index contributed by atoms with van der Waals surface area (Å²) < 4.78 is 4.64. The molecular formula is C15H15IN6O5S2. The summed E-state index contributed by atoms with van der Waals surface area (Å²) in [4.78, 5) is 46.8. The van der Waals surface area contributed by atoms with E-state index in [9.17, 15) is 19.5 Å². The van der Waals surface area contributed by atoms with E-state index in [0.717, 1.165) is 11.5 Å². The van der Waals surface area contributed by atoms with Crippen LogP contribution in [0, 0.1) is 0 Å². The van der Waals surface area contributed by atoms with Crippen molar-refractivity contribution >= 4 is 74.5 Å². The van der Waals surface area contributed by atoms with E-state index in [0.29, 0.717) is 15.8 Å². The largest absolute Gasteiger partial charge is 0.477 e. The van der Waals surface area contributed by atoms with Gasteiger partial charge >= 0.3 is 5.97 Å². The Bertz CT molecular complexity index is 945. The monoisotopic (exact) mass is 550 g/mol. The molecule has 1 aromatic rings. The summed E-state index contributed by atoms with van der Waals surface area (Å²) >= 11 is 4.39. The molecule has 2 aliphatic rings. The number of rotatable bonds is 7. The van der Waals surface area contributed by atoms with Crippen LogP contribution in [-0.2, 0) is 19.2 Å². The van der Waals surface area contributed by atoms with E-state index in [1.54, 1.807) is 6.08 Å². The highest BCUT2D eigenvalue weighted by atomic mass is 127. The molecule has 1 aromatic heterocycles. The number of hydrogen-bond donors (Lipinski definition) is 3. The Hall–Kier alpha value is -2.20. The number of nitrogens with one attached hydrogen (secondary N) is 1. The number of nitrogens with zero attached hydrogens (tertiary/aromatic N) is 4. The molecule has 4 N–H and O–H groups in total. The van der Waals surface area contributed by atoms with E-state index >= 15 is 0 Å². The summed E-state index contributed by atoms with van der Waals surface area (Å²) in [6.07, 6.45) is 3.53. The highest BCUT2D eigenvalue weighted by Gasteiger charge is 2.54. The zero-order valence-corrected chi connectivity index (χ0v) is 18.7. The third kappa shape index (κ3) is 4.23. The van der Waals surface area contributed by atoms with E-state index in [4.69, 9.17) is 5.73 Å². The molecule has 0 saturated carbocycles. The highest BCUT2D eigenvalue weighted by molar-refractivity contribution is 14.1. The lowest BCUT2D eigenvalue weighted by molar-refractivity contribution is -0.150. The summed E-state index contributed by atoms with van der Waals surface area (Å²) in [5.41, 5.74) is 5.80. The number of fused-ring (bicyclic) bond motifs is 1. The molecule has 1 saturated heterocycles. The van der Waals surface area contributed by atoms with Gasteiger partial charge in [-0.05, 0) is 5.57 Å². The second-order valence-corrected chi connectivity index (χ2v) is 8.44. The number of nitrogen functional groups attached to an aromatic ring is 1. The molecule has 3 heterocycles. The van der Waals surface area contributed by atoms with E-state index in [-0.39, 0.29) is 22.4 Å². The van der Waals surface area contributed by atoms with Crippen LogP contribution in [0.25, 0.3) is 0 Å². The van der Waals surface area contributed by atoms with Gasteiger partial charge in [-0.15, -0.1) is 11.8 Å². The van der Waals surface area contributed by atoms with Crippen molar-refractivity contribution in [3.8, 4) is 0 Å². The summed E-state index contributed by atoms with van der Waals surface area (Å²) in [7, 11) is 1.25. The van der Waals surface area contributed by atoms with Crippen LogP contribution in [0.3, 0.4) is 0 Å². The van der Waals surface area contributed by atoms with E-state index in [2.05, 4.69) is 47.3 Å². The Morgan fingerprint density at radius 1 is 1.55 bits per heavy atom. The number of alkyl halides is 1. The van der Waals surface area contributed by atoms with Gasteiger partial charge in [0.15, 0.2) is 5.13 Å². The maximum Gasteiger partial charge on any atom is 0.352 e. The molecule has 1 unspecified atom stereocenters. The average Bonchev–Trinajstić information content (AvgIpc) is 3.13. The third-order valence-electron chi connectivity index (χ3n) is 3.95. The average molecular weight is 550 g/mol. The molecule has 154 valence electrons. The van der Waals surface area contributed by atoms with Crippen LogP contribution in [0.2, 0.25) is 0 Å². The first-order chi connectivity index (χ1) is 13.9. The second kappa shape index (κ2) is 9.08. The van der Waals surface area contributed by atoms with E-state index in [1.165, 1.54) is 23.8 Å². The van der Waals surface area contributed by atoms with Crippen molar-refractivity contribution in [1.29, 1.82) is 0 Å². The number of anilines is 1. The molecule has 29 heavy (non-hydrogen) atoms. The molecule has 0 aliphatic carbocycles. The smallest absolute Gasteiger partial charge is 0.352 e. The van der Waals surface area contributed by atoms with Crippen molar-refractivity contribution in [2.45, 2.75) is 11.4 Å². The predicted octanol–water partition coefficient (Wildman–Crippen LogP) is 0.201. The number of carbonyl (C=O) groups excluding carboxylic acids is 2. The summed E-state index contributed by atoms with van der Waals surface area (Å²) in [6.45, 7) is 0. The lowest BCUT2D eigenvalue weighted by atomic mass is 10.0. The van der Waals surface area contributed by atoms with Crippen LogP contribution in [-0.4, -0.2) is 71.6 Å². The Balaban J connectivity index is 1.80. The number of carboxylic acids is 1. The van der Waals surface area contributed by atoms with Crippen molar-refractivity contribution in [2.75, 3.05) is 23.0 Å². The number of hydrogen-bond acceptors (Lipinski definition) is 10. The van der Waals surface area contributed by atoms with Crippen LogP contribution >= 0.6 is 45.9 Å². The SMILES string of the molecule is CON=C(C(=O)NC1C(=O)N2C(C(=O)O)=C(C=CCI)CS[C@H]12)c1nsc(N)n1. The van der Waals surface area contributed by atoms with Gasteiger partial charge in [0, 0.05) is 21.7 Å².